The summed E-state index contributed by atoms with van der Waals surface area (Å²) in [5.74, 6) is 2.51. The molecule has 2 unspecified atom stereocenters. The Kier molecular flexibility index (Phi) is 4.64. The summed E-state index contributed by atoms with van der Waals surface area (Å²) in [6.45, 7) is 3.14. The molecule has 1 aromatic rings. The van der Waals surface area contributed by atoms with Crippen LogP contribution in [0.1, 0.15) is 44.2 Å². The summed E-state index contributed by atoms with van der Waals surface area (Å²) >= 11 is 2.07. The van der Waals surface area contributed by atoms with Crippen molar-refractivity contribution in [1.29, 1.82) is 0 Å². The number of ether oxygens (including phenoxy) is 1. The highest BCUT2D eigenvalue weighted by atomic mass is 32.2. The Bertz CT molecular complexity index is 414. The number of nitrogens with zero attached hydrogens (tertiary/aromatic N) is 1. The van der Waals surface area contributed by atoms with Crippen molar-refractivity contribution < 1.29 is 4.74 Å². The van der Waals surface area contributed by atoms with E-state index >= 15 is 0 Å². The van der Waals surface area contributed by atoms with E-state index in [1.54, 1.807) is 0 Å². The van der Waals surface area contributed by atoms with Gasteiger partial charge in [-0.05, 0) is 55.7 Å². The lowest BCUT2D eigenvalue weighted by molar-refractivity contribution is -0.0940. The summed E-state index contributed by atoms with van der Waals surface area (Å²) in [5, 5.41) is 3.78. The molecular formula is C16H24N2OS. The van der Waals surface area contributed by atoms with Crippen LogP contribution in [0.4, 0.5) is 0 Å². The molecule has 110 valence electrons. The maximum absolute atomic E-state index is 6.16. The third kappa shape index (κ3) is 3.35. The van der Waals surface area contributed by atoms with Gasteiger partial charge in [0.25, 0.3) is 0 Å². The zero-order valence-corrected chi connectivity index (χ0v) is 13.0. The van der Waals surface area contributed by atoms with E-state index in [1.165, 1.54) is 29.9 Å². The first-order valence-electron chi connectivity index (χ1n) is 7.65. The summed E-state index contributed by atoms with van der Waals surface area (Å²) in [7, 11) is 0. The molecule has 0 saturated carbocycles. The molecule has 3 rings (SSSR count). The second-order valence-corrected chi connectivity index (χ2v) is 7.23. The number of nitrogens with one attached hydrogen (secondary N) is 1. The minimum absolute atomic E-state index is 0.163. The predicted octanol–water partition coefficient (Wildman–Crippen LogP) is 3.18. The number of hydrogen-bond acceptors (Lipinski definition) is 4. The van der Waals surface area contributed by atoms with Crippen LogP contribution in [-0.2, 0) is 4.74 Å². The highest BCUT2D eigenvalue weighted by Crippen LogP contribution is 2.37. The summed E-state index contributed by atoms with van der Waals surface area (Å²) < 4.78 is 6.16. The van der Waals surface area contributed by atoms with Crippen LogP contribution in [0, 0.1) is 0 Å². The molecule has 2 fully saturated rings. The maximum Gasteiger partial charge on any atom is 0.0713 e. The van der Waals surface area contributed by atoms with E-state index in [1.807, 2.05) is 18.5 Å². The van der Waals surface area contributed by atoms with Crippen molar-refractivity contribution in [1.82, 2.24) is 10.3 Å². The van der Waals surface area contributed by atoms with Crippen molar-refractivity contribution >= 4 is 11.8 Å². The summed E-state index contributed by atoms with van der Waals surface area (Å²) in [6, 6.07) is 5.10. The zero-order valence-electron chi connectivity index (χ0n) is 12.2. The molecule has 0 aromatic carbocycles. The Balaban J connectivity index is 1.60. The molecule has 4 heteroatoms. The standard InChI is InChI=1S/C16H24N2OS/c1-13(14-3-2-7-17-12-14)18-15-4-8-19-16(11-15)5-9-20-10-6-16/h2-3,7,12-13,15,18H,4-6,8-11H2,1H3. The van der Waals surface area contributed by atoms with Crippen molar-refractivity contribution in [3.05, 3.63) is 30.1 Å². The minimum atomic E-state index is 0.163. The molecule has 3 heterocycles. The van der Waals surface area contributed by atoms with Crippen LogP contribution < -0.4 is 5.32 Å². The topological polar surface area (TPSA) is 34.1 Å². The van der Waals surface area contributed by atoms with Gasteiger partial charge in [0.05, 0.1) is 5.60 Å². The van der Waals surface area contributed by atoms with E-state index in [0.29, 0.717) is 12.1 Å². The van der Waals surface area contributed by atoms with Crippen LogP contribution in [0.15, 0.2) is 24.5 Å². The Labute approximate surface area is 125 Å². The second kappa shape index (κ2) is 6.46. The largest absolute Gasteiger partial charge is 0.375 e. The van der Waals surface area contributed by atoms with E-state index in [9.17, 15) is 0 Å². The van der Waals surface area contributed by atoms with Gasteiger partial charge in [0.2, 0.25) is 0 Å². The molecule has 2 atom stereocenters. The van der Waals surface area contributed by atoms with E-state index in [2.05, 4.69) is 35.1 Å². The Hall–Kier alpha value is -0.580. The summed E-state index contributed by atoms with van der Waals surface area (Å²) in [4.78, 5) is 4.21. The van der Waals surface area contributed by atoms with E-state index in [0.717, 1.165) is 19.4 Å². The van der Waals surface area contributed by atoms with Crippen LogP contribution in [0.3, 0.4) is 0 Å². The highest BCUT2D eigenvalue weighted by molar-refractivity contribution is 7.99. The summed E-state index contributed by atoms with van der Waals surface area (Å²) in [6.07, 6.45) is 8.52. The molecule has 0 amide bonds. The molecule has 0 radical (unpaired) electrons. The third-order valence-corrected chi connectivity index (χ3v) is 5.55. The summed E-state index contributed by atoms with van der Waals surface area (Å²) in [5.41, 5.74) is 1.43. The van der Waals surface area contributed by atoms with Crippen LogP contribution in [0.25, 0.3) is 0 Å². The van der Waals surface area contributed by atoms with E-state index in [4.69, 9.17) is 4.74 Å². The number of rotatable bonds is 3. The molecule has 3 nitrogen and oxygen atoms in total. The molecule has 0 bridgehead atoms. The lowest BCUT2D eigenvalue weighted by atomic mass is 9.85. The van der Waals surface area contributed by atoms with Crippen molar-refractivity contribution in [2.75, 3.05) is 18.1 Å². The average molecular weight is 292 g/mol. The van der Waals surface area contributed by atoms with Gasteiger partial charge < -0.3 is 10.1 Å². The smallest absolute Gasteiger partial charge is 0.0713 e. The minimum Gasteiger partial charge on any atom is -0.375 e. The number of hydrogen-bond donors (Lipinski definition) is 1. The van der Waals surface area contributed by atoms with Gasteiger partial charge in [0.1, 0.15) is 0 Å². The number of aromatic nitrogens is 1. The normalized spacial score (nSPS) is 27.4. The van der Waals surface area contributed by atoms with Gasteiger partial charge in [-0.3, -0.25) is 4.98 Å². The fourth-order valence-electron chi connectivity index (χ4n) is 3.34. The number of thioether (sulfide) groups is 1. The molecule has 1 N–H and O–H groups in total. The monoisotopic (exact) mass is 292 g/mol. The average Bonchev–Trinajstić information content (AvgIpc) is 2.49. The van der Waals surface area contributed by atoms with Crippen LogP contribution in [-0.4, -0.2) is 34.7 Å². The van der Waals surface area contributed by atoms with Crippen molar-refractivity contribution in [2.45, 2.75) is 50.3 Å². The fourth-order valence-corrected chi connectivity index (χ4v) is 4.58. The molecular weight excluding hydrogens is 268 g/mol. The van der Waals surface area contributed by atoms with Gasteiger partial charge in [0.15, 0.2) is 0 Å². The Morgan fingerprint density at radius 1 is 1.45 bits per heavy atom. The third-order valence-electron chi connectivity index (χ3n) is 4.57. The number of pyridine rings is 1. The molecule has 1 aromatic heterocycles. The lowest BCUT2D eigenvalue weighted by Gasteiger charge is -2.44. The molecule has 1 spiro atoms. The first kappa shape index (κ1) is 14.4. The van der Waals surface area contributed by atoms with Crippen molar-refractivity contribution in [3.63, 3.8) is 0 Å². The fraction of sp³-hybridized carbons (Fsp3) is 0.688. The second-order valence-electron chi connectivity index (χ2n) is 6.01. The van der Waals surface area contributed by atoms with Gasteiger partial charge in [-0.15, -0.1) is 0 Å². The molecule has 20 heavy (non-hydrogen) atoms. The quantitative estimate of drug-likeness (QED) is 0.928. The van der Waals surface area contributed by atoms with Crippen LogP contribution >= 0.6 is 11.8 Å². The van der Waals surface area contributed by atoms with Crippen LogP contribution in [0.2, 0.25) is 0 Å². The van der Waals surface area contributed by atoms with E-state index in [-0.39, 0.29) is 5.60 Å². The molecule has 0 aliphatic carbocycles. The molecule has 2 saturated heterocycles. The Morgan fingerprint density at radius 3 is 3.05 bits per heavy atom. The predicted molar refractivity (Wildman–Crippen MR) is 84.1 cm³/mol. The maximum atomic E-state index is 6.16. The van der Waals surface area contributed by atoms with Gasteiger partial charge >= 0.3 is 0 Å². The SMILES string of the molecule is CC(NC1CCOC2(CCSCC2)C1)c1cccnc1. The van der Waals surface area contributed by atoms with Gasteiger partial charge in [-0.2, -0.15) is 11.8 Å². The van der Waals surface area contributed by atoms with Crippen molar-refractivity contribution in [2.24, 2.45) is 0 Å². The first-order valence-corrected chi connectivity index (χ1v) is 8.81. The zero-order chi connectivity index (χ0) is 13.8. The molecule has 2 aliphatic heterocycles. The van der Waals surface area contributed by atoms with Crippen LogP contribution in [0.5, 0.6) is 0 Å². The highest BCUT2D eigenvalue weighted by Gasteiger charge is 2.38. The van der Waals surface area contributed by atoms with Crippen molar-refractivity contribution in [3.8, 4) is 0 Å². The van der Waals surface area contributed by atoms with Gasteiger partial charge in [-0.25, -0.2) is 0 Å². The van der Waals surface area contributed by atoms with E-state index < -0.39 is 0 Å². The molecule has 2 aliphatic rings. The Morgan fingerprint density at radius 2 is 2.30 bits per heavy atom. The van der Waals surface area contributed by atoms with Gasteiger partial charge in [0, 0.05) is 31.1 Å². The lowest BCUT2D eigenvalue weighted by Crippen LogP contribution is -2.49. The van der Waals surface area contributed by atoms with Gasteiger partial charge in [-0.1, -0.05) is 6.07 Å². The first-order chi connectivity index (χ1) is 9.77.